The summed E-state index contributed by atoms with van der Waals surface area (Å²) < 4.78 is 10.6. The van der Waals surface area contributed by atoms with Gasteiger partial charge in [-0.25, -0.2) is 0 Å². The molecule has 1 aromatic carbocycles. The number of fused-ring (bicyclic) bond motifs is 1. The number of rotatable bonds is 4. The standard InChI is InChI=1S/C16H20N2O4.ClH/c1-10(19)12-7-14-15(22-9-21-14)8-13(12)18-16(20)6-11-2-4-17-5-3-11;/h7-8,11,17H,2-6,9H2,1H3,(H,18,20);1H. The first-order valence-electron chi connectivity index (χ1n) is 7.58. The van der Waals surface area contributed by atoms with Gasteiger partial charge in [-0.05, 0) is 44.8 Å². The first-order chi connectivity index (χ1) is 10.6. The maximum atomic E-state index is 12.2. The van der Waals surface area contributed by atoms with Crippen LogP contribution in [0.3, 0.4) is 0 Å². The zero-order valence-electron chi connectivity index (χ0n) is 13.0. The van der Waals surface area contributed by atoms with Crippen LogP contribution in [0.15, 0.2) is 12.1 Å². The fourth-order valence-corrected chi connectivity index (χ4v) is 2.89. The van der Waals surface area contributed by atoms with E-state index >= 15 is 0 Å². The molecule has 7 heteroatoms. The van der Waals surface area contributed by atoms with Gasteiger partial charge in [-0.3, -0.25) is 9.59 Å². The van der Waals surface area contributed by atoms with Crippen LogP contribution in [0.2, 0.25) is 0 Å². The average molecular weight is 341 g/mol. The number of ketones is 1. The fraction of sp³-hybridized carbons (Fsp3) is 0.500. The molecule has 1 aromatic rings. The molecule has 1 fully saturated rings. The van der Waals surface area contributed by atoms with E-state index in [0.29, 0.717) is 35.1 Å². The first kappa shape index (κ1) is 17.6. The van der Waals surface area contributed by atoms with Crippen molar-refractivity contribution in [2.75, 3.05) is 25.2 Å². The summed E-state index contributed by atoms with van der Waals surface area (Å²) >= 11 is 0. The molecule has 1 amide bonds. The summed E-state index contributed by atoms with van der Waals surface area (Å²) in [6, 6.07) is 3.30. The molecule has 0 aliphatic carbocycles. The Morgan fingerprint density at radius 3 is 2.52 bits per heavy atom. The Morgan fingerprint density at radius 2 is 1.87 bits per heavy atom. The number of halogens is 1. The molecule has 2 aliphatic rings. The largest absolute Gasteiger partial charge is 0.454 e. The predicted octanol–water partition coefficient (Wildman–Crippen LogP) is 2.37. The number of nitrogens with one attached hydrogen (secondary N) is 2. The van der Waals surface area contributed by atoms with E-state index in [4.69, 9.17) is 9.47 Å². The third kappa shape index (κ3) is 4.14. The van der Waals surface area contributed by atoms with E-state index in [-0.39, 0.29) is 30.9 Å². The van der Waals surface area contributed by atoms with Gasteiger partial charge in [0.25, 0.3) is 0 Å². The van der Waals surface area contributed by atoms with Gasteiger partial charge in [0.1, 0.15) is 0 Å². The number of piperidine rings is 1. The van der Waals surface area contributed by atoms with E-state index in [1.807, 2.05) is 0 Å². The molecule has 0 saturated carbocycles. The summed E-state index contributed by atoms with van der Waals surface area (Å²) in [5.41, 5.74) is 0.943. The van der Waals surface area contributed by atoms with Gasteiger partial charge in [0.05, 0.1) is 5.69 Å². The number of carbonyl (C=O) groups excluding carboxylic acids is 2. The molecule has 2 N–H and O–H groups in total. The second kappa shape index (κ2) is 7.66. The van der Waals surface area contributed by atoms with E-state index in [2.05, 4.69) is 10.6 Å². The van der Waals surface area contributed by atoms with Gasteiger partial charge in [0, 0.05) is 18.1 Å². The van der Waals surface area contributed by atoms with Gasteiger partial charge in [-0.15, -0.1) is 12.4 Å². The minimum atomic E-state index is -0.115. The molecule has 126 valence electrons. The van der Waals surface area contributed by atoms with Gasteiger partial charge >= 0.3 is 0 Å². The van der Waals surface area contributed by atoms with Crippen LogP contribution >= 0.6 is 12.4 Å². The highest BCUT2D eigenvalue weighted by molar-refractivity contribution is 6.04. The fourth-order valence-electron chi connectivity index (χ4n) is 2.89. The minimum Gasteiger partial charge on any atom is -0.454 e. The quantitative estimate of drug-likeness (QED) is 0.823. The van der Waals surface area contributed by atoms with Crippen LogP contribution < -0.4 is 20.1 Å². The lowest BCUT2D eigenvalue weighted by Gasteiger charge is -2.22. The number of amides is 1. The predicted molar refractivity (Wildman–Crippen MR) is 88.7 cm³/mol. The number of Topliss-reactive ketones (excluding diaryl/α,β-unsaturated/α-hetero) is 1. The number of hydrogen-bond acceptors (Lipinski definition) is 5. The Labute approximate surface area is 141 Å². The molecular weight excluding hydrogens is 320 g/mol. The molecule has 3 rings (SSSR count). The molecule has 2 aliphatic heterocycles. The third-order valence-electron chi connectivity index (χ3n) is 4.10. The number of ether oxygens (including phenoxy) is 2. The number of benzene rings is 1. The minimum absolute atomic E-state index is 0. The van der Waals surface area contributed by atoms with E-state index in [0.717, 1.165) is 25.9 Å². The summed E-state index contributed by atoms with van der Waals surface area (Å²) in [7, 11) is 0. The molecule has 0 radical (unpaired) electrons. The van der Waals surface area contributed by atoms with E-state index in [1.54, 1.807) is 12.1 Å². The Kier molecular flexibility index (Phi) is 5.85. The van der Waals surface area contributed by atoms with Crippen LogP contribution in [0.5, 0.6) is 11.5 Å². The average Bonchev–Trinajstić information content (AvgIpc) is 2.94. The summed E-state index contributed by atoms with van der Waals surface area (Å²) in [6.45, 7) is 3.53. The van der Waals surface area contributed by atoms with Crippen LogP contribution in [-0.4, -0.2) is 31.6 Å². The van der Waals surface area contributed by atoms with E-state index < -0.39 is 0 Å². The molecule has 0 bridgehead atoms. The molecule has 0 unspecified atom stereocenters. The monoisotopic (exact) mass is 340 g/mol. The van der Waals surface area contributed by atoms with Crippen molar-refractivity contribution in [3.8, 4) is 11.5 Å². The van der Waals surface area contributed by atoms with E-state index in [9.17, 15) is 9.59 Å². The summed E-state index contributed by atoms with van der Waals surface area (Å²) in [4.78, 5) is 24.0. The van der Waals surface area contributed by atoms with Gasteiger partial charge in [0.2, 0.25) is 12.7 Å². The summed E-state index contributed by atoms with van der Waals surface area (Å²) in [5.74, 6) is 1.32. The van der Waals surface area contributed by atoms with Crippen molar-refractivity contribution in [1.29, 1.82) is 0 Å². The molecular formula is C16H21ClN2O4. The number of carbonyl (C=O) groups is 2. The lowest BCUT2D eigenvalue weighted by atomic mass is 9.94. The van der Waals surface area contributed by atoms with Crippen LogP contribution in [0.1, 0.15) is 36.5 Å². The van der Waals surface area contributed by atoms with Crippen molar-refractivity contribution in [1.82, 2.24) is 5.32 Å². The Bertz CT molecular complexity index is 600. The smallest absolute Gasteiger partial charge is 0.231 e. The molecule has 23 heavy (non-hydrogen) atoms. The van der Waals surface area contributed by atoms with Crippen LogP contribution in [-0.2, 0) is 4.79 Å². The molecule has 2 heterocycles. The normalized spacial score (nSPS) is 16.6. The zero-order valence-corrected chi connectivity index (χ0v) is 13.8. The second-order valence-electron chi connectivity index (χ2n) is 5.75. The van der Waals surface area contributed by atoms with Crippen molar-refractivity contribution in [3.05, 3.63) is 17.7 Å². The first-order valence-corrected chi connectivity index (χ1v) is 7.58. The van der Waals surface area contributed by atoms with Crippen molar-refractivity contribution >= 4 is 29.8 Å². The second-order valence-corrected chi connectivity index (χ2v) is 5.75. The van der Waals surface area contributed by atoms with Crippen molar-refractivity contribution in [3.63, 3.8) is 0 Å². The molecule has 0 atom stereocenters. The van der Waals surface area contributed by atoms with Crippen LogP contribution in [0.25, 0.3) is 0 Å². The van der Waals surface area contributed by atoms with Gasteiger partial charge in [0.15, 0.2) is 17.3 Å². The van der Waals surface area contributed by atoms with Crippen molar-refractivity contribution in [2.45, 2.75) is 26.2 Å². The molecule has 0 spiro atoms. The Morgan fingerprint density at radius 1 is 1.22 bits per heavy atom. The highest BCUT2D eigenvalue weighted by atomic mass is 35.5. The topological polar surface area (TPSA) is 76.7 Å². The number of anilines is 1. The van der Waals surface area contributed by atoms with Gasteiger partial charge < -0.3 is 20.1 Å². The maximum absolute atomic E-state index is 12.2. The molecule has 1 saturated heterocycles. The summed E-state index contributed by atoms with van der Waals surface area (Å²) in [5, 5.41) is 6.14. The van der Waals surface area contributed by atoms with Crippen molar-refractivity contribution in [2.24, 2.45) is 5.92 Å². The van der Waals surface area contributed by atoms with Crippen LogP contribution in [0, 0.1) is 5.92 Å². The van der Waals surface area contributed by atoms with Crippen LogP contribution in [0.4, 0.5) is 5.69 Å². The zero-order chi connectivity index (χ0) is 15.5. The SMILES string of the molecule is CC(=O)c1cc2c(cc1NC(=O)CC1CCNCC1)OCO2.Cl. The lowest BCUT2D eigenvalue weighted by Crippen LogP contribution is -2.30. The maximum Gasteiger partial charge on any atom is 0.231 e. The third-order valence-corrected chi connectivity index (χ3v) is 4.10. The Hall–Kier alpha value is -1.79. The van der Waals surface area contributed by atoms with E-state index in [1.165, 1.54) is 6.92 Å². The van der Waals surface area contributed by atoms with Gasteiger partial charge in [-0.2, -0.15) is 0 Å². The summed E-state index contributed by atoms with van der Waals surface area (Å²) in [6.07, 6.45) is 2.50. The highest BCUT2D eigenvalue weighted by Crippen LogP contribution is 2.37. The lowest BCUT2D eigenvalue weighted by molar-refractivity contribution is -0.117. The van der Waals surface area contributed by atoms with Gasteiger partial charge in [-0.1, -0.05) is 0 Å². The highest BCUT2D eigenvalue weighted by Gasteiger charge is 2.22. The molecule has 6 nitrogen and oxygen atoms in total. The molecule has 0 aromatic heterocycles. The van der Waals surface area contributed by atoms with Crippen molar-refractivity contribution < 1.29 is 19.1 Å². The number of hydrogen-bond donors (Lipinski definition) is 2. The Balaban J connectivity index is 0.00000192.